The Labute approximate surface area is 104 Å². The fraction of sp³-hybridized carbons (Fsp3) is 0.143. The first-order chi connectivity index (χ1) is 8.54. The van der Waals surface area contributed by atoms with Gasteiger partial charge in [0.25, 0.3) is 5.91 Å². The van der Waals surface area contributed by atoms with Crippen LogP contribution in [0.4, 0.5) is 0 Å². The molecule has 0 aliphatic carbocycles. The van der Waals surface area contributed by atoms with Crippen molar-refractivity contribution in [1.29, 1.82) is 0 Å². The van der Waals surface area contributed by atoms with Crippen LogP contribution in [0.5, 0.6) is 0 Å². The number of fused-ring (bicyclic) bond motifs is 1. The third kappa shape index (κ3) is 1.93. The van der Waals surface area contributed by atoms with Gasteiger partial charge in [0.05, 0.1) is 11.6 Å². The molecule has 0 unspecified atom stereocenters. The normalized spacial score (nSPS) is 10.3. The molecule has 0 bridgehead atoms. The second-order valence-electron chi connectivity index (χ2n) is 4.13. The lowest BCUT2D eigenvalue weighted by Crippen LogP contribution is -2.22. The van der Waals surface area contributed by atoms with Crippen LogP contribution in [-0.4, -0.2) is 24.9 Å². The molecule has 1 aromatic heterocycles. The van der Waals surface area contributed by atoms with E-state index in [0.717, 1.165) is 0 Å². The molecule has 18 heavy (non-hydrogen) atoms. The summed E-state index contributed by atoms with van der Waals surface area (Å²) in [5.41, 5.74) is 1.36. The average Bonchev–Trinajstić information content (AvgIpc) is 2.37. The summed E-state index contributed by atoms with van der Waals surface area (Å²) < 4.78 is 5.31. The van der Waals surface area contributed by atoms with E-state index in [1.165, 1.54) is 17.2 Å². The molecule has 0 aliphatic heterocycles. The van der Waals surface area contributed by atoms with E-state index in [1.54, 1.807) is 32.3 Å². The van der Waals surface area contributed by atoms with E-state index in [1.807, 2.05) is 0 Å². The molecule has 2 aromatic rings. The molecule has 0 fully saturated rings. The van der Waals surface area contributed by atoms with E-state index < -0.39 is 0 Å². The summed E-state index contributed by atoms with van der Waals surface area (Å²) in [5.74, 6) is -0.164. The minimum absolute atomic E-state index is 0.164. The highest BCUT2D eigenvalue weighted by molar-refractivity contribution is 5.99. The number of benzene rings is 1. The quantitative estimate of drug-likeness (QED) is 0.812. The number of carbonyl (C=O) groups excluding carboxylic acids is 1. The Morgan fingerprint density at radius 1 is 1.39 bits per heavy atom. The molecule has 1 amide bonds. The summed E-state index contributed by atoms with van der Waals surface area (Å²) in [6.07, 6.45) is 2.91. The van der Waals surface area contributed by atoms with Gasteiger partial charge in [-0.15, -0.1) is 0 Å². The highest BCUT2D eigenvalue weighted by Gasteiger charge is 2.13. The first kappa shape index (κ1) is 12.1. The van der Waals surface area contributed by atoms with Gasteiger partial charge in [-0.25, -0.2) is 0 Å². The first-order valence-corrected chi connectivity index (χ1v) is 5.44. The number of hydrogen-bond donors (Lipinski definition) is 0. The third-order valence-electron chi connectivity index (χ3n) is 2.66. The molecule has 1 heterocycles. The van der Waals surface area contributed by atoms with Crippen LogP contribution in [0.25, 0.3) is 17.0 Å². The largest absolute Gasteiger partial charge is 0.463 e. The van der Waals surface area contributed by atoms with Crippen LogP contribution >= 0.6 is 0 Å². The van der Waals surface area contributed by atoms with Crippen LogP contribution in [-0.2, 0) is 0 Å². The molecule has 1 aromatic carbocycles. The fourth-order valence-corrected chi connectivity index (χ4v) is 1.75. The molecule has 0 saturated heterocycles. The van der Waals surface area contributed by atoms with Crippen molar-refractivity contribution in [3.05, 3.63) is 52.4 Å². The predicted octanol–water partition coefficient (Wildman–Crippen LogP) is 2.14. The molecular formula is C14H13NO3. The summed E-state index contributed by atoms with van der Waals surface area (Å²) in [7, 11) is 3.32. The SMILES string of the molecule is C=Cc1cc(C(=O)N(C)C)cc2c(=O)ccoc12. The molecule has 0 N–H and O–H groups in total. The van der Waals surface area contributed by atoms with Gasteiger partial charge in [-0.05, 0) is 12.1 Å². The monoisotopic (exact) mass is 243 g/mol. The Balaban J connectivity index is 2.80. The summed E-state index contributed by atoms with van der Waals surface area (Å²) >= 11 is 0. The van der Waals surface area contributed by atoms with Gasteiger partial charge in [0.15, 0.2) is 5.43 Å². The molecule has 0 atom stereocenters. The van der Waals surface area contributed by atoms with Gasteiger partial charge in [-0.3, -0.25) is 9.59 Å². The molecule has 0 saturated carbocycles. The summed E-state index contributed by atoms with van der Waals surface area (Å²) in [6, 6.07) is 4.55. The lowest BCUT2D eigenvalue weighted by molar-refractivity contribution is 0.0827. The zero-order chi connectivity index (χ0) is 13.3. The van der Waals surface area contributed by atoms with Crippen molar-refractivity contribution in [2.45, 2.75) is 0 Å². The third-order valence-corrected chi connectivity index (χ3v) is 2.66. The van der Waals surface area contributed by atoms with Gasteiger partial charge in [0, 0.05) is 31.3 Å². The van der Waals surface area contributed by atoms with E-state index in [9.17, 15) is 9.59 Å². The zero-order valence-electron chi connectivity index (χ0n) is 10.3. The second-order valence-corrected chi connectivity index (χ2v) is 4.13. The maximum Gasteiger partial charge on any atom is 0.253 e. The van der Waals surface area contributed by atoms with Crippen molar-refractivity contribution in [3.8, 4) is 0 Å². The van der Waals surface area contributed by atoms with E-state index in [-0.39, 0.29) is 11.3 Å². The smallest absolute Gasteiger partial charge is 0.253 e. The summed E-state index contributed by atoms with van der Waals surface area (Å²) in [5, 5.41) is 0.389. The maximum atomic E-state index is 11.9. The molecule has 0 radical (unpaired) electrons. The van der Waals surface area contributed by atoms with E-state index in [2.05, 4.69) is 6.58 Å². The van der Waals surface area contributed by atoms with Crippen LogP contribution in [0.15, 0.2) is 40.3 Å². The lowest BCUT2D eigenvalue weighted by Gasteiger charge is -2.11. The Morgan fingerprint density at radius 3 is 2.72 bits per heavy atom. The molecular weight excluding hydrogens is 230 g/mol. The Hall–Kier alpha value is -2.36. The first-order valence-electron chi connectivity index (χ1n) is 5.44. The average molecular weight is 243 g/mol. The summed E-state index contributed by atoms with van der Waals surface area (Å²) in [4.78, 5) is 25.2. The van der Waals surface area contributed by atoms with Crippen molar-refractivity contribution in [3.63, 3.8) is 0 Å². The number of carbonyl (C=O) groups is 1. The standard InChI is InChI=1S/C14H13NO3/c1-4-9-7-10(14(17)15(2)3)8-11-12(16)5-6-18-13(9)11/h4-8H,1H2,2-3H3. The van der Waals surface area contributed by atoms with Gasteiger partial charge in [-0.1, -0.05) is 12.7 Å². The molecule has 4 nitrogen and oxygen atoms in total. The number of nitrogens with zero attached hydrogens (tertiary/aromatic N) is 1. The van der Waals surface area contributed by atoms with E-state index in [0.29, 0.717) is 22.1 Å². The molecule has 0 spiro atoms. The Morgan fingerprint density at radius 2 is 2.11 bits per heavy atom. The number of amides is 1. The second kappa shape index (κ2) is 4.49. The molecule has 92 valence electrons. The molecule has 4 heteroatoms. The minimum Gasteiger partial charge on any atom is -0.463 e. The van der Waals surface area contributed by atoms with Gasteiger partial charge >= 0.3 is 0 Å². The number of rotatable bonds is 2. The minimum atomic E-state index is -0.173. The highest BCUT2D eigenvalue weighted by atomic mass is 16.3. The van der Waals surface area contributed by atoms with Crippen LogP contribution < -0.4 is 5.43 Å². The van der Waals surface area contributed by atoms with Crippen molar-refractivity contribution in [2.75, 3.05) is 14.1 Å². The Bertz CT molecular complexity index is 683. The van der Waals surface area contributed by atoms with Gasteiger partial charge in [0.1, 0.15) is 5.58 Å². The lowest BCUT2D eigenvalue weighted by atomic mass is 10.0. The van der Waals surface area contributed by atoms with Gasteiger partial charge in [0.2, 0.25) is 0 Å². The predicted molar refractivity (Wildman–Crippen MR) is 70.6 cm³/mol. The maximum absolute atomic E-state index is 11.9. The van der Waals surface area contributed by atoms with Crippen molar-refractivity contribution < 1.29 is 9.21 Å². The number of hydrogen-bond acceptors (Lipinski definition) is 3. The van der Waals surface area contributed by atoms with E-state index in [4.69, 9.17) is 4.42 Å². The topological polar surface area (TPSA) is 50.5 Å². The van der Waals surface area contributed by atoms with Crippen molar-refractivity contribution in [1.82, 2.24) is 4.90 Å². The van der Waals surface area contributed by atoms with Crippen molar-refractivity contribution in [2.24, 2.45) is 0 Å². The van der Waals surface area contributed by atoms with Crippen LogP contribution in [0.1, 0.15) is 15.9 Å². The van der Waals surface area contributed by atoms with Gasteiger partial charge < -0.3 is 9.32 Å². The molecule has 2 rings (SSSR count). The van der Waals surface area contributed by atoms with Crippen LogP contribution in [0, 0.1) is 0 Å². The van der Waals surface area contributed by atoms with Gasteiger partial charge in [-0.2, -0.15) is 0 Å². The fourth-order valence-electron chi connectivity index (χ4n) is 1.75. The van der Waals surface area contributed by atoms with E-state index >= 15 is 0 Å². The summed E-state index contributed by atoms with van der Waals surface area (Å²) in [6.45, 7) is 3.67. The zero-order valence-corrected chi connectivity index (χ0v) is 10.3. The van der Waals surface area contributed by atoms with Crippen LogP contribution in [0.2, 0.25) is 0 Å². The highest BCUT2D eigenvalue weighted by Crippen LogP contribution is 2.20. The van der Waals surface area contributed by atoms with Crippen LogP contribution in [0.3, 0.4) is 0 Å². The Kier molecular flexibility index (Phi) is 3.02. The molecule has 0 aliphatic rings. The van der Waals surface area contributed by atoms with Crippen molar-refractivity contribution >= 4 is 23.0 Å².